The van der Waals surface area contributed by atoms with Crippen molar-refractivity contribution in [2.24, 2.45) is 0 Å². The van der Waals surface area contributed by atoms with E-state index < -0.39 is 17.9 Å². The van der Waals surface area contributed by atoms with Crippen LogP contribution in [0, 0.1) is 0 Å². The van der Waals surface area contributed by atoms with E-state index >= 15 is 0 Å². The first-order chi connectivity index (χ1) is 16.0. The highest BCUT2D eigenvalue weighted by Crippen LogP contribution is 2.32. The summed E-state index contributed by atoms with van der Waals surface area (Å²) in [4.78, 5) is 48.3. The van der Waals surface area contributed by atoms with Gasteiger partial charge < -0.3 is 29.5 Å². The molecular weight excluding hydrogens is 434 g/mol. The van der Waals surface area contributed by atoms with Gasteiger partial charge in [-0.05, 0) is 18.6 Å². The summed E-state index contributed by atoms with van der Waals surface area (Å²) in [6.45, 7) is 2.96. The average molecular weight is 463 g/mol. The van der Waals surface area contributed by atoms with Crippen LogP contribution in [0.25, 0.3) is 0 Å². The number of fused-ring (bicyclic) bond motifs is 1. The van der Waals surface area contributed by atoms with E-state index in [2.05, 4.69) is 10.6 Å². The minimum Gasteiger partial charge on any atom is -0.481 e. The third kappa shape index (κ3) is 6.98. The number of carbonyl (C=O) groups excluding carboxylic acids is 3. The molecule has 0 bridgehead atoms. The number of nitrogens with zero attached hydrogens (tertiary/aromatic N) is 1. The van der Waals surface area contributed by atoms with Crippen molar-refractivity contribution in [1.82, 2.24) is 10.2 Å². The average Bonchev–Trinajstić information content (AvgIpc) is 3.11. The molecule has 3 N–H and O–H groups in total. The smallest absolute Gasteiger partial charge is 0.305 e. The van der Waals surface area contributed by atoms with Crippen molar-refractivity contribution in [1.29, 1.82) is 0 Å². The lowest BCUT2D eigenvalue weighted by Crippen LogP contribution is -2.52. The van der Waals surface area contributed by atoms with E-state index in [1.165, 1.54) is 4.90 Å². The van der Waals surface area contributed by atoms with Gasteiger partial charge >= 0.3 is 5.97 Å². The van der Waals surface area contributed by atoms with Gasteiger partial charge in [-0.1, -0.05) is 6.07 Å². The Morgan fingerprint density at radius 1 is 1.06 bits per heavy atom. The molecule has 0 spiro atoms. The monoisotopic (exact) mass is 463 g/mol. The van der Waals surface area contributed by atoms with Crippen LogP contribution in [0.15, 0.2) is 18.2 Å². The van der Waals surface area contributed by atoms with Crippen LogP contribution < -0.4 is 10.6 Å². The molecule has 1 atom stereocenters. The Hall–Kier alpha value is -3.02. The number of piperidine rings is 1. The first kappa shape index (κ1) is 24.6. The van der Waals surface area contributed by atoms with Crippen LogP contribution in [0.3, 0.4) is 0 Å². The summed E-state index contributed by atoms with van der Waals surface area (Å²) in [5, 5.41) is 14.1. The number of aliphatic carboxylic acids is 1. The van der Waals surface area contributed by atoms with Gasteiger partial charge in [-0.2, -0.15) is 0 Å². The van der Waals surface area contributed by atoms with Crippen molar-refractivity contribution < 1.29 is 38.5 Å². The van der Waals surface area contributed by atoms with E-state index in [1.807, 2.05) is 6.07 Å². The van der Waals surface area contributed by atoms with E-state index in [1.54, 1.807) is 12.1 Å². The van der Waals surface area contributed by atoms with Crippen molar-refractivity contribution in [3.8, 4) is 0 Å². The molecule has 11 heteroatoms. The molecule has 1 saturated heterocycles. The Bertz CT molecular complexity index is 875. The minimum absolute atomic E-state index is 0.0240. The molecule has 2 aliphatic heterocycles. The number of rotatable bonds is 14. The van der Waals surface area contributed by atoms with E-state index in [0.717, 1.165) is 11.3 Å². The number of amides is 3. The molecular formula is C22H29N3O8. The molecule has 2 aliphatic rings. The first-order valence-electron chi connectivity index (χ1n) is 10.9. The number of imide groups is 1. The molecule has 0 radical (unpaired) electrons. The number of hydrogen-bond acceptors (Lipinski definition) is 8. The van der Waals surface area contributed by atoms with Crippen LogP contribution in [0.4, 0.5) is 5.69 Å². The fourth-order valence-corrected chi connectivity index (χ4v) is 3.71. The zero-order valence-electron chi connectivity index (χ0n) is 18.3. The molecule has 0 aromatic heterocycles. The summed E-state index contributed by atoms with van der Waals surface area (Å²) in [5.74, 6) is -1.83. The second-order valence-electron chi connectivity index (χ2n) is 7.64. The van der Waals surface area contributed by atoms with Gasteiger partial charge in [0.05, 0.1) is 46.1 Å². The van der Waals surface area contributed by atoms with Crippen LogP contribution in [0.2, 0.25) is 0 Å². The van der Waals surface area contributed by atoms with Crippen LogP contribution in [0.1, 0.15) is 35.2 Å². The molecule has 0 aliphatic carbocycles. The lowest BCUT2D eigenvalue weighted by Gasteiger charge is -2.29. The van der Waals surface area contributed by atoms with Crippen molar-refractivity contribution in [3.05, 3.63) is 29.3 Å². The van der Waals surface area contributed by atoms with E-state index in [4.69, 9.17) is 19.3 Å². The lowest BCUT2D eigenvalue weighted by molar-refractivity contribution is -0.139. The number of nitrogens with one attached hydrogen (secondary N) is 2. The zero-order chi connectivity index (χ0) is 23.6. The molecule has 0 saturated carbocycles. The zero-order valence-corrected chi connectivity index (χ0v) is 18.3. The third-order valence-electron chi connectivity index (χ3n) is 5.35. The second-order valence-corrected chi connectivity index (χ2v) is 7.64. The van der Waals surface area contributed by atoms with Gasteiger partial charge in [0.1, 0.15) is 6.04 Å². The first-order valence-corrected chi connectivity index (χ1v) is 10.9. The highest BCUT2D eigenvalue weighted by Gasteiger charge is 2.39. The molecule has 180 valence electrons. The number of benzene rings is 1. The Balaban J connectivity index is 1.34. The number of carboxylic acid groups (broad SMARTS) is 1. The maximum absolute atomic E-state index is 12.8. The Kier molecular flexibility index (Phi) is 9.16. The van der Waals surface area contributed by atoms with Crippen molar-refractivity contribution >= 4 is 29.4 Å². The summed E-state index contributed by atoms with van der Waals surface area (Å²) in [5.41, 5.74) is 2.21. The topological polar surface area (TPSA) is 144 Å². The van der Waals surface area contributed by atoms with Crippen molar-refractivity contribution in [2.45, 2.75) is 31.8 Å². The molecule has 1 aromatic rings. The van der Waals surface area contributed by atoms with Gasteiger partial charge in [-0.3, -0.25) is 24.5 Å². The predicted octanol–water partition coefficient (Wildman–Crippen LogP) is 0.384. The number of carboxylic acids is 1. The normalized spacial score (nSPS) is 17.8. The number of anilines is 1. The third-order valence-corrected chi connectivity index (χ3v) is 5.35. The predicted molar refractivity (Wildman–Crippen MR) is 116 cm³/mol. The van der Waals surface area contributed by atoms with Crippen LogP contribution in [-0.2, 0) is 35.1 Å². The van der Waals surface area contributed by atoms with Crippen LogP contribution >= 0.6 is 0 Å². The van der Waals surface area contributed by atoms with Crippen LogP contribution in [-0.4, -0.2) is 85.9 Å². The number of ether oxygens (including phenoxy) is 3. The maximum Gasteiger partial charge on any atom is 0.305 e. The molecule has 1 aromatic carbocycles. The fraction of sp³-hybridized carbons (Fsp3) is 0.545. The van der Waals surface area contributed by atoms with Gasteiger partial charge in [0, 0.05) is 36.3 Å². The molecule has 1 fully saturated rings. The number of hydrogen-bond donors (Lipinski definition) is 3. The minimum atomic E-state index is -0.892. The Labute approximate surface area is 191 Å². The summed E-state index contributed by atoms with van der Waals surface area (Å²) < 4.78 is 16.0. The highest BCUT2D eigenvalue weighted by atomic mass is 16.5. The molecule has 3 rings (SSSR count). The van der Waals surface area contributed by atoms with Crippen molar-refractivity contribution in [3.63, 3.8) is 0 Å². The molecule has 11 nitrogen and oxygen atoms in total. The number of carbonyl (C=O) groups is 4. The lowest BCUT2D eigenvalue weighted by atomic mass is 10.0. The summed E-state index contributed by atoms with van der Waals surface area (Å²) >= 11 is 0. The van der Waals surface area contributed by atoms with E-state index in [0.29, 0.717) is 58.1 Å². The standard InChI is InChI=1S/C22H29N3O8/c26-19-5-4-18(21(29)24-19)25-14-16-15(22(25)30)2-1-3-17(16)23-7-9-32-11-13-33-12-10-31-8-6-20(27)28/h1-3,18,23H,4-14H2,(H,27,28)(H,24,26,29). The Morgan fingerprint density at radius 2 is 1.76 bits per heavy atom. The summed E-state index contributed by atoms with van der Waals surface area (Å²) in [6, 6.07) is 4.78. The van der Waals surface area contributed by atoms with Gasteiger partial charge in [0.25, 0.3) is 5.91 Å². The molecule has 1 unspecified atom stereocenters. The fourth-order valence-electron chi connectivity index (χ4n) is 3.71. The van der Waals surface area contributed by atoms with E-state index in [9.17, 15) is 19.2 Å². The van der Waals surface area contributed by atoms with Gasteiger partial charge in [-0.15, -0.1) is 0 Å². The molecule has 2 heterocycles. The quantitative estimate of drug-likeness (QED) is 0.264. The Morgan fingerprint density at radius 3 is 2.45 bits per heavy atom. The summed E-state index contributed by atoms with van der Waals surface area (Å²) in [6.07, 6.45) is 0.530. The molecule has 3 amide bonds. The van der Waals surface area contributed by atoms with Gasteiger partial charge in [0.15, 0.2) is 0 Å². The van der Waals surface area contributed by atoms with Crippen LogP contribution in [0.5, 0.6) is 0 Å². The van der Waals surface area contributed by atoms with E-state index in [-0.39, 0.29) is 31.3 Å². The summed E-state index contributed by atoms with van der Waals surface area (Å²) in [7, 11) is 0. The largest absolute Gasteiger partial charge is 0.481 e. The highest BCUT2D eigenvalue weighted by molar-refractivity contribution is 6.06. The second kappa shape index (κ2) is 12.3. The van der Waals surface area contributed by atoms with Crippen molar-refractivity contribution in [2.75, 3.05) is 51.5 Å². The maximum atomic E-state index is 12.8. The van der Waals surface area contributed by atoms with Gasteiger partial charge in [-0.25, -0.2) is 0 Å². The SMILES string of the molecule is O=C(O)CCOCCOCCOCCNc1cccc2c1CN(C1CCC(=O)NC1=O)C2=O. The molecule has 33 heavy (non-hydrogen) atoms. The van der Waals surface area contributed by atoms with Gasteiger partial charge in [0.2, 0.25) is 11.8 Å².